The van der Waals surface area contributed by atoms with Crippen molar-refractivity contribution >= 4 is 29.0 Å². The number of carbonyl (C=O) groups is 2. The van der Waals surface area contributed by atoms with E-state index >= 15 is 0 Å². The highest BCUT2D eigenvalue weighted by Gasteiger charge is 2.12. The Balaban J connectivity index is 2.00. The molecule has 1 atom stereocenters. The van der Waals surface area contributed by atoms with Gasteiger partial charge in [-0.3, -0.25) is 0 Å². The minimum atomic E-state index is -0.977. The van der Waals surface area contributed by atoms with Crippen molar-refractivity contribution in [3.8, 4) is 0 Å². The van der Waals surface area contributed by atoms with Crippen molar-refractivity contribution in [2.75, 3.05) is 5.32 Å². The summed E-state index contributed by atoms with van der Waals surface area (Å²) in [6, 6.07) is 8.19. The Bertz CT molecular complexity index is 653. The number of benzene rings is 1. The third-order valence-electron chi connectivity index (χ3n) is 3.03. The van der Waals surface area contributed by atoms with Gasteiger partial charge in [0.15, 0.2) is 0 Å². The third kappa shape index (κ3) is 3.82. The molecule has 0 spiro atoms. The zero-order valence-corrected chi connectivity index (χ0v) is 12.5. The molecule has 2 rings (SSSR count). The number of hydrogen-bond donors (Lipinski definition) is 3. The number of aromatic carboxylic acids is 1. The highest BCUT2D eigenvalue weighted by atomic mass is 32.1. The fourth-order valence-electron chi connectivity index (χ4n) is 1.95. The lowest BCUT2D eigenvalue weighted by Gasteiger charge is -2.13. The zero-order valence-electron chi connectivity index (χ0n) is 11.7. The topological polar surface area (TPSA) is 78.4 Å². The molecule has 1 heterocycles. The molecule has 0 saturated carbocycles. The van der Waals surface area contributed by atoms with Crippen molar-refractivity contribution < 1.29 is 14.7 Å². The molecule has 0 aliphatic carbocycles. The van der Waals surface area contributed by atoms with Crippen LogP contribution in [0.4, 0.5) is 10.5 Å². The number of nitrogens with one attached hydrogen (secondary N) is 2. The summed E-state index contributed by atoms with van der Waals surface area (Å²) < 4.78 is 0. The summed E-state index contributed by atoms with van der Waals surface area (Å²) in [7, 11) is 0. The van der Waals surface area contributed by atoms with E-state index in [1.54, 1.807) is 30.4 Å². The minimum Gasteiger partial charge on any atom is -0.478 e. The van der Waals surface area contributed by atoms with Crippen LogP contribution in [-0.2, 0) is 0 Å². The standard InChI is InChI=1S/C15H16N2O3S/c1-9-8-11(5-6-12(9)14(18)19)17-15(20)16-10(2)13-4-3-7-21-13/h3-8,10H,1-2H3,(H,18,19)(H2,16,17,20). The second-order valence-electron chi connectivity index (χ2n) is 4.67. The van der Waals surface area contributed by atoms with Gasteiger partial charge in [0.2, 0.25) is 0 Å². The van der Waals surface area contributed by atoms with E-state index in [1.165, 1.54) is 6.07 Å². The van der Waals surface area contributed by atoms with Crippen LogP contribution in [0.25, 0.3) is 0 Å². The first kappa shape index (κ1) is 15.1. The van der Waals surface area contributed by atoms with Gasteiger partial charge in [0.05, 0.1) is 11.6 Å². The minimum absolute atomic E-state index is 0.0793. The monoisotopic (exact) mass is 304 g/mol. The molecule has 2 amide bonds. The molecule has 0 bridgehead atoms. The number of thiophene rings is 1. The van der Waals surface area contributed by atoms with Gasteiger partial charge in [0.25, 0.3) is 0 Å². The van der Waals surface area contributed by atoms with Gasteiger partial charge in [0.1, 0.15) is 0 Å². The molecule has 0 aliphatic heterocycles. The van der Waals surface area contributed by atoms with Crippen LogP contribution in [0.1, 0.15) is 33.8 Å². The summed E-state index contributed by atoms with van der Waals surface area (Å²) in [6.45, 7) is 3.60. The summed E-state index contributed by atoms with van der Waals surface area (Å²) >= 11 is 1.58. The Labute approximate surface area is 126 Å². The lowest BCUT2D eigenvalue weighted by molar-refractivity contribution is 0.0696. The number of rotatable bonds is 4. The van der Waals surface area contributed by atoms with E-state index in [2.05, 4.69) is 10.6 Å². The predicted molar refractivity (Wildman–Crippen MR) is 83.0 cm³/mol. The number of amides is 2. The van der Waals surface area contributed by atoms with Gasteiger partial charge in [-0.15, -0.1) is 11.3 Å². The number of urea groups is 1. The first-order chi connectivity index (χ1) is 9.97. The van der Waals surface area contributed by atoms with Crippen molar-refractivity contribution in [2.24, 2.45) is 0 Å². The Morgan fingerprint density at radius 1 is 1.29 bits per heavy atom. The Morgan fingerprint density at radius 2 is 2.05 bits per heavy atom. The molecule has 3 N–H and O–H groups in total. The van der Waals surface area contributed by atoms with E-state index in [1.807, 2.05) is 24.4 Å². The molecule has 0 radical (unpaired) electrons. The van der Waals surface area contributed by atoms with Crippen molar-refractivity contribution in [3.05, 3.63) is 51.7 Å². The fourth-order valence-corrected chi connectivity index (χ4v) is 2.69. The molecule has 21 heavy (non-hydrogen) atoms. The molecule has 5 nitrogen and oxygen atoms in total. The molecular weight excluding hydrogens is 288 g/mol. The third-order valence-corrected chi connectivity index (χ3v) is 4.09. The normalized spacial score (nSPS) is 11.7. The molecule has 0 fully saturated rings. The number of anilines is 1. The quantitative estimate of drug-likeness (QED) is 0.807. The average molecular weight is 304 g/mol. The van der Waals surface area contributed by atoms with Crippen LogP contribution in [-0.4, -0.2) is 17.1 Å². The first-order valence-corrected chi connectivity index (χ1v) is 7.30. The molecule has 1 aromatic carbocycles. The fraction of sp³-hybridized carbons (Fsp3) is 0.200. The predicted octanol–water partition coefficient (Wildman–Crippen LogP) is 3.64. The SMILES string of the molecule is Cc1cc(NC(=O)NC(C)c2cccs2)ccc1C(=O)O. The number of carboxylic acids is 1. The van der Waals surface area contributed by atoms with Crippen LogP contribution in [0, 0.1) is 6.92 Å². The van der Waals surface area contributed by atoms with E-state index in [-0.39, 0.29) is 17.6 Å². The van der Waals surface area contributed by atoms with Crippen molar-refractivity contribution in [1.29, 1.82) is 0 Å². The van der Waals surface area contributed by atoms with Gasteiger partial charge in [0, 0.05) is 10.6 Å². The summed E-state index contributed by atoms with van der Waals surface area (Å²) in [5.74, 6) is -0.977. The zero-order chi connectivity index (χ0) is 15.4. The molecule has 2 aromatic rings. The van der Waals surface area contributed by atoms with Crippen LogP contribution in [0.15, 0.2) is 35.7 Å². The van der Waals surface area contributed by atoms with Gasteiger partial charge >= 0.3 is 12.0 Å². The molecule has 0 saturated heterocycles. The van der Waals surface area contributed by atoms with E-state index < -0.39 is 5.97 Å². The molecule has 1 aromatic heterocycles. The number of hydrogen-bond acceptors (Lipinski definition) is 3. The Morgan fingerprint density at radius 3 is 2.62 bits per heavy atom. The lowest BCUT2D eigenvalue weighted by atomic mass is 10.1. The van der Waals surface area contributed by atoms with Crippen LogP contribution in [0.3, 0.4) is 0 Å². The number of aryl methyl sites for hydroxylation is 1. The molecule has 1 unspecified atom stereocenters. The van der Waals surface area contributed by atoms with Gasteiger partial charge < -0.3 is 15.7 Å². The van der Waals surface area contributed by atoms with E-state index in [0.29, 0.717) is 11.3 Å². The first-order valence-electron chi connectivity index (χ1n) is 6.42. The smallest absolute Gasteiger partial charge is 0.335 e. The number of carbonyl (C=O) groups excluding carboxylic acids is 1. The van der Waals surface area contributed by atoms with Crippen molar-refractivity contribution in [2.45, 2.75) is 19.9 Å². The molecule has 110 valence electrons. The second-order valence-corrected chi connectivity index (χ2v) is 5.65. The van der Waals surface area contributed by atoms with E-state index in [4.69, 9.17) is 5.11 Å². The van der Waals surface area contributed by atoms with Crippen molar-refractivity contribution in [3.63, 3.8) is 0 Å². The highest BCUT2D eigenvalue weighted by molar-refractivity contribution is 7.10. The van der Waals surface area contributed by atoms with Gasteiger partial charge in [-0.1, -0.05) is 6.07 Å². The number of carboxylic acid groups (broad SMARTS) is 1. The highest BCUT2D eigenvalue weighted by Crippen LogP contribution is 2.19. The molecule has 6 heteroatoms. The second kappa shape index (κ2) is 6.41. The van der Waals surface area contributed by atoms with Gasteiger partial charge in [-0.2, -0.15) is 0 Å². The molecule has 0 aliphatic rings. The maximum Gasteiger partial charge on any atom is 0.335 e. The summed E-state index contributed by atoms with van der Waals surface area (Å²) in [6.07, 6.45) is 0. The van der Waals surface area contributed by atoms with Crippen molar-refractivity contribution in [1.82, 2.24) is 5.32 Å². The van der Waals surface area contributed by atoms with E-state index in [0.717, 1.165) is 4.88 Å². The lowest BCUT2D eigenvalue weighted by Crippen LogP contribution is -2.30. The van der Waals surface area contributed by atoms with Crippen LogP contribution in [0.2, 0.25) is 0 Å². The molecular formula is C15H16N2O3S. The summed E-state index contributed by atoms with van der Waals surface area (Å²) in [5.41, 5.74) is 1.40. The average Bonchev–Trinajstić information content (AvgIpc) is 2.91. The van der Waals surface area contributed by atoms with Gasteiger partial charge in [-0.05, 0) is 49.1 Å². The van der Waals surface area contributed by atoms with E-state index in [9.17, 15) is 9.59 Å². The maximum absolute atomic E-state index is 11.9. The summed E-state index contributed by atoms with van der Waals surface area (Å²) in [4.78, 5) is 23.9. The van der Waals surface area contributed by atoms with Crippen LogP contribution in [0.5, 0.6) is 0 Å². The largest absolute Gasteiger partial charge is 0.478 e. The maximum atomic E-state index is 11.9. The van der Waals surface area contributed by atoms with Gasteiger partial charge in [-0.25, -0.2) is 9.59 Å². The summed E-state index contributed by atoms with van der Waals surface area (Å²) in [5, 5.41) is 16.5. The van der Waals surface area contributed by atoms with Crippen LogP contribution < -0.4 is 10.6 Å². The Kier molecular flexibility index (Phi) is 4.59. The van der Waals surface area contributed by atoms with Crippen LogP contribution >= 0.6 is 11.3 Å². The Hall–Kier alpha value is -2.34.